The van der Waals surface area contributed by atoms with Crippen LogP contribution in [0.25, 0.3) is 0 Å². The molecule has 0 aromatic heterocycles. The minimum absolute atomic E-state index is 0. The zero-order chi connectivity index (χ0) is 43.7. The number of piperidine rings is 1. The summed E-state index contributed by atoms with van der Waals surface area (Å²) in [5, 5.41) is 17.7. The Labute approximate surface area is 357 Å². The second kappa shape index (κ2) is 17.6. The maximum absolute atomic E-state index is 13.8. The van der Waals surface area contributed by atoms with Crippen LogP contribution in [0.5, 0.6) is 5.75 Å². The van der Waals surface area contributed by atoms with Crippen molar-refractivity contribution in [1.29, 1.82) is 5.26 Å². The number of nitrogens with one attached hydrogen (secondary N) is 3. The Morgan fingerprint density at radius 2 is 1.70 bits per heavy atom. The Morgan fingerprint density at radius 1 is 1.02 bits per heavy atom. The molecule has 0 saturated carbocycles. The van der Waals surface area contributed by atoms with Crippen molar-refractivity contribution >= 4 is 63.7 Å². The number of nitrogens with zero attached hydrogens (tertiary/aromatic N) is 5. The number of alkyl halides is 3. The minimum Gasteiger partial charge on any atom is -0.492 e. The van der Waals surface area contributed by atoms with E-state index >= 15 is 0 Å². The fourth-order valence-corrected chi connectivity index (χ4v) is 8.42. The number of hydrogen-bond acceptors (Lipinski definition) is 10. The molecule has 17 heteroatoms. The van der Waals surface area contributed by atoms with Gasteiger partial charge < -0.3 is 20.3 Å². The zero-order valence-electron chi connectivity index (χ0n) is 34.4. The number of carbonyl (C=O) groups is 4. The summed E-state index contributed by atoms with van der Waals surface area (Å²) in [5.74, 6) is -0.649. The van der Waals surface area contributed by atoms with Crippen LogP contribution in [0.3, 0.4) is 0 Å². The average molecular weight is 853 g/mol. The molecule has 3 aliphatic rings. The molecule has 3 aliphatic heterocycles. The SMILES string of the molecule is CC(C)c1cc(N2C(=S)N(c3ccc(C#N)c(C(F)(F)F)c3)C(=O)C2(C)C)ccc1OCCN1C[C@@H](C)N(CC(=O)Nc2cccc(NC3CCC(=O)NC3=O)c2)C[C@H]1C.[HH].[HH].[HH]. The number of nitriles is 1. The van der Waals surface area contributed by atoms with Crippen LogP contribution in [0, 0.1) is 11.3 Å². The van der Waals surface area contributed by atoms with Gasteiger partial charge in [-0.1, -0.05) is 19.9 Å². The molecule has 3 aromatic rings. The molecule has 4 amide bonds. The first kappa shape index (κ1) is 44.0. The van der Waals surface area contributed by atoms with Gasteiger partial charge in [-0.3, -0.25) is 39.2 Å². The summed E-state index contributed by atoms with van der Waals surface area (Å²) in [7, 11) is 0. The van der Waals surface area contributed by atoms with Crippen molar-refractivity contribution in [2.75, 3.05) is 53.2 Å². The number of ether oxygens (including phenoxy) is 1. The third-order valence-electron chi connectivity index (χ3n) is 11.2. The summed E-state index contributed by atoms with van der Waals surface area (Å²) in [5.41, 5.74) is -0.305. The number of carbonyl (C=O) groups excluding carboxylic acids is 4. The van der Waals surface area contributed by atoms with Crippen LogP contribution < -0.4 is 30.5 Å². The molecule has 3 aromatic carbocycles. The molecule has 324 valence electrons. The van der Waals surface area contributed by atoms with Gasteiger partial charge in [0.05, 0.1) is 29.4 Å². The number of rotatable bonds is 12. The van der Waals surface area contributed by atoms with E-state index in [4.69, 9.17) is 17.0 Å². The van der Waals surface area contributed by atoms with Crippen LogP contribution in [-0.2, 0) is 25.4 Å². The number of benzene rings is 3. The summed E-state index contributed by atoms with van der Waals surface area (Å²) < 4.78 is 47.8. The van der Waals surface area contributed by atoms with Crippen molar-refractivity contribution in [3.63, 3.8) is 0 Å². The predicted octanol–water partition coefficient (Wildman–Crippen LogP) is 6.98. The van der Waals surface area contributed by atoms with E-state index in [0.717, 1.165) is 29.1 Å². The number of thiocarbonyl (C=S) groups is 1. The quantitative estimate of drug-likeness (QED) is 0.128. The molecule has 1 unspecified atom stereocenters. The molecule has 3 saturated heterocycles. The maximum Gasteiger partial charge on any atom is 0.417 e. The molecule has 3 heterocycles. The first-order valence-corrected chi connectivity index (χ1v) is 20.2. The van der Waals surface area contributed by atoms with Crippen molar-refractivity contribution in [3.8, 4) is 11.8 Å². The van der Waals surface area contributed by atoms with Gasteiger partial charge in [-0.25, -0.2) is 0 Å². The molecule has 0 radical (unpaired) electrons. The number of anilines is 4. The summed E-state index contributed by atoms with van der Waals surface area (Å²) >= 11 is 5.75. The van der Waals surface area contributed by atoms with E-state index in [-0.39, 0.29) is 63.8 Å². The highest BCUT2D eigenvalue weighted by atomic mass is 32.1. The number of hydrogen-bond donors (Lipinski definition) is 3. The van der Waals surface area contributed by atoms with Crippen LogP contribution in [0.1, 0.15) is 81.3 Å². The van der Waals surface area contributed by atoms with Gasteiger partial charge in [0.25, 0.3) is 5.91 Å². The lowest BCUT2D eigenvalue weighted by atomic mass is 9.98. The molecule has 13 nitrogen and oxygen atoms in total. The topological polar surface area (TPSA) is 150 Å². The first-order valence-electron chi connectivity index (χ1n) is 19.8. The standard InChI is InChI=1S/C43H49F3N8O5S.3H2/c1-25(2)33-19-32(54-41(60)53(40(58)42(54,5)6)31-11-10-28(21-47)34(20-31)43(44,45)46)12-14-36(33)59-17-16-51-22-27(4)52(23-26(51)3)24-38(56)49-30-9-7-8-29(18-30)48-35-13-15-37(55)50-39(35)57;;;/h7-12,14,18-20,25-27,35,48H,13,15-17,22-24H2,1-6H3,(H,49,56)(H,50,55,57);3*1H/t26-,27-,35?;;;/m1.../s1. The Balaban J connectivity index is 0.00000352. The third kappa shape index (κ3) is 9.41. The summed E-state index contributed by atoms with van der Waals surface area (Å²) in [6, 6.07) is 17.0. The van der Waals surface area contributed by atoms with Gasteiger partial charge in [0, 0.05) is 59.5 Å². The van der Waals surface area contributed by atoms with Gasteiger partial charge in [0.1, 0.15) is 23.9 Å². The number of piperazine rings is 1. The van der Waals surface area contributed by atoms with Gasteiger partial charge in [-0.15, -0.1) is 0 Å². The lowest BCUT2D eigenvalue weighted by Crippen LogP contribution is -2.58. The van der Waals surface area contributed by atoms with Crippen molar-refractivity contribution in [2.24, 2.45) is 0 Å². The monoisotopic (exact) mass is 852 g/mol. The average Bonchev–Trinajstić information content (AvgIpc) is 3.35. The molecule has 6 rings (SSSR count). The van der Waals surface area contributed by atoms with Crippen molar-refractivity contribution in [3.05, 3.63) is 77.4 Å². The summed E-state index contributed by atoms with van der Waals surface area (Å²) in [6.07, 6.45) is -4.15. The zero-order valence-corrected chi connectivity index (χ0v) is 35.2. The summed E-state index contributed by atoms with van der Waals surface area (Å²) in [4.78, 5) is 57.8. The Bertz CT molecular complexity index is 2240. The number of imide groups is 1. The van der Waals surface area contributed by atoms with E-state index in [9.17, 15) is 37.6 Å². The Morgan fingerprint density at radius 3 is 2.38 bits per heavy atom. The second-order valence-corrected chi connectivity index (χ2v) is 16.6. The van der Waals surface area contributed by atoms with Crippen LogP contribution >= 0.6 is 12.2 Å². The molecular formula is C43H55F3N8O5S. The smallest absolute Gasteiger partial charge is 0.417 e. The highest BCUT2D eigenvalue weighted by Gasteiger charge is 2.51. The fourth-order valence-electron chi connectivity index (χ4n) is 7.90. The van der Waals surface area contributed by atoms with E-state index < -0.39 is 34.8 Å². The normalized spacial score (nSPS) is 21.2. The first-order chi connectivity index (χ1) is 28.3. The van der Waals surface area contributed by atoms with Crippen molar-refractivity contribution < 1.29 is 41.4 Å². The lowest BCUT2D eigenvalue weighted by Gasteiger charge is -2.43. The lowest BCUT2D eigenvalue weighted by molar-refractivity contribution is -0.138. The van der Waals surface area contributed by atoms with E-state index in [1.165, 1.54) is 6.07 Å². The highest BCUT2D eigenvalue weighted by Crippen LogP contribution is 2.41. The Kier molecular flexibility index (Phi) is 12.9. The van der Waals surface area contributed by atoms with Gasteiger partial charge in [0.2, 0.25) is 17.7 Å². The van der Waals surface area contributed by atoms with Crippen LogP contribution in [0.2, 0.25) is 0 Å². The minimum atomic E-state index is -4.80. The van der Waals surface area contributed by atoms with E-state index in [2.05, 4.69) is 39.6 Å². The fraction of sp³-hybridized carbons (Fsp3) is 0.442. The molecule has 3 atom stereocenters. The maximum atomic E-state index is 13.8. The molecule has 60 heavy (non-hydrogen) atoms. The van der Waals surface area contributed by atoms with Gasteiger partial charge in [-0.05, 0) is 112 Å². The van der Waals surface area contributed by atoms with Crippen LogP contribution in [-0.4, -0.2) is 95.0 Å². The molecular weight excluding hydrogens is 798 g/mol. The van der Waals surface area contributed by atoms with Crippen LogP contribution in [0.15, 0.2) is 60.7 Å². The van der Waals surface area contributed by atoms with E-state index in [0.29, 0.717) is 48.9 Å². The highest BCUT2D eigenvalue weighted by molar-refractivity contribution is 7.81. The molecule has 0 spiro atoms. The van der Waals surface area contributed by atoms with Crippen LogP contribution in [0.4, 0.5) is 35.9 Å². The second-order valence-electron chi connectivity index (χ2n) is 16.3. The van der Waals surface area contributed by atoms with Crippen molar-refractivity contribution in [1.82, 2.24) is 15.1 Å². The number of amides is 4. The predicted molar refractivity (Wildman–Crippen MR) is 232 cm³/mol. The van der Waals surface area contributed by atoms with E-state index in [1.807, 2.05) is 26.0 Å². The molecule has 3 N–H and O–H groups in total. The third-order valence-corrected chi connectivity index (χ3v) is 11.5. The van der Waals surface area contributed by atoms with Crippen molar-refractivity contribution in [2.45, 2.75) is 90.1 Å². The molecule has 3 fully saturated rings. The van der Waals surface area contributed by atoms with Gasteiger partial charge >= 0.3 is 6.18 Å². The molecule has 0 aliphatic carbocycles. The largest absolute Gasteiger partial charge is 0.492 e. The molecule has 0 bridgehead atoms. The summed E-state index contributed by atoms with van der Waals surface area (Å²) in [6.45, 7) is 14.2. The van der Waals surface area contributed by atoms with E-state index in [1.54, 1.807) is 55.1 Å². The number of halogens is 3. The van der Waals surface area contributed by atoms with Gasteiger partial charge in [0.15, 0.2) is 5.11 Å². The Hall–Kier alpha value is -5.57. The van der Waals surface area contributed by atoms with Gasteiger partial charge in [-0.2, -0.15) is 18.4 Å².